The Bertz CT molecular complexity index is 397. The minimum Gasteiger partial charge on any atom is -0.485 e. The normalized spacial score (nSPS) is 12.6. The van der Waals surface area contributed by atoms with Crippen LogP contribution in [0.25, 0.3) is 0 Å². The van der Waals surface area contributed by atoms with E-state index in [-0.39, 0.29) is 6.54 Å². The third kappa shape index (κ3) is 2.64. The minimum absolute atomic E-state index is 0.282. The summed E-state index contributed by atoms with van der Waals surface area (Å²) in [6.45, 7) is -0.968. The van der Waals surface area contributed by atoms with Gasteiger partial charge in [-0.1, -0.05) is 0 Å². The zero-order valence-corrected chi connectivity index (χ0v) is 8.31. The van der Waals surface area contributed by atoms with Crippen LogP contribution >= 0.6 is 0 Å². The molecule has 0 spiro atoms. The van der Waals surface area contributed by atoms with E-state index in [1.54, 1.807) is 0 Å². The number of halogens is 5. The van der Waals surface area contributed by atoms with Crippen molar-refractivity contribution in [2.45, 2.75) is 6.10 Å². The van der Waals surface area contributed by atoms with E-state index >= 15 is 0 Å². The zero-order valence-electron chi connectivity index (χ0n) is 8.31. The van der Waals surface area contributed by atoms with Gasteiger partial charge in [-0.3, -0.25) is 0 Å². The second-order valence-electron chi connectivity index (χ2n) is 3.10. The van der Waals surface area contributed by atoms with Gasteiger partial charge >= 0.3 is 0 Å². The minimum atomic E-state index is -2.27. The summed E-state index contributed by atoms with van der Waals surface area (Å²) >= 11 is 0. The van der Waals surface area contributed by atoms with Crippen molar-refractivity contribution in [3.8, 4) is 5.75 Å². The molecule has 17 heavy (non-hydrogen) atoms. The predicted molar refractivity (Wildman–Crippen MR) is 46.8 cm³/mol. The molecular formula is C9H8F5NO2. The summed E-state index contributed by atoms with van der Waals surface area (Å²) in [5, 5.41) is 8.94. The Morgan fingerprint density at radius 1 is 0.941 bits per heavy atom. The molecule has 1 rings (SSSR count). The summed E-state index contributed by atoms with van der Waals surface area (Å²) in [7, 11) is 0. The highest BCUT2D eigenvalue weighted by atomic mass is 19.2. The molecular weight excluding hydrogens is 249 g/mol. The van der Waals surface area contributed by atoms with Crippen molar-refractivity contribution >= 4 is 0 Å². The summed E-state index contributed by atoms with van der Waals surface area (Å²) in [5.41, 5.74) is 4.97. The van der Waals surface area contributed by atoms with Crippen LogP contribution in [0, 0.1) is 29.1 Å². The highest BCUT2D eigenvalue weighted by molar-refractivity contribution is 5.29. The first-order valence-electron chi connectivity index (χ1n) is 4.42. The van der Waals surface area contributed by atoms with Crippen LogP contribution in [-0.2, 0) is 0 Å². The van der Waals surface area contributed by atoms with E-state index in [0.717, 1.165) is 0 Å². The average Bonchev–Trinajstić information content (AvgIpc) is 2.33. The lowest BCUT2D eigenvalue weighted by atomic mass is 10.2. The molecule has 0 fully saturated rings. The third-order valence-electron chi connectivity index (χ3n) is 1.86. The Labute approximate surface area is 92.6 Å². The third-order valence-corrected chi connectivity index (χ3v) is 1.86. The largest absolute Gasteiger partial charge is 0.485 e. The molecule has 96 valence electrons. The quantitative estimate of drug-likeness (QED) is 0.482. The first kappa shape index (κ1) is 13.7. The molecule has 0 aromatic heterocycles. The van der Waals surface area contributed by atoms with E-state index in [1.165, 1.54) is 0 Å². The van der Waals surface area contributed by atoms with E-state index < -0.39 is 47.5 Å². The van der Waals surface area contributed by atoms with E-state index in [9.17, 15) is 22.0 Å². The number of rotatable bonds is 4. The number of benzene rings is 1. The summed E-state index contributed by atoms with van der Waals surface area (Å²) in [5.74, 6) is -12.1. The molecule has 0 aliphatic heterocycles. The first-order chi connectivity index (χ1) is 7.90. The predicted octanol–water partition coefficient (Wildman–Crippen LogP) is 1.08. The Morgan fingerprint density at radius 2 is 1.35 bits per heavy atom. The van der Waals surface area contributed by atoms with Crippen molar-refractivity contribution in [2.24, 2.45) is 5.73 Å². The van der Waals surface area contributed by atoms with Crippen LogP contribution in [0.3, 0.4) is 0 Å². The number of ether oxygens (including phenoxy) is 1. The molecule has 8 heteroatoms. The van der Waals surface area contributed by atoms with Crippen LogP contribution in [0.5, 0.6) is 5.75 Å². The van der Waals surface area contributed by atoms with Crippen molar-refractivity contribution in [1.82, 2.24) is 0 Å². The topological polar surface area (TPSA) is 55.5 Å². The van der Waals surface area contributed by atoms with Crippen LogP contribution < -0.4 is 10.5 Å². The number of nitrogens with two attached hydrogens (primary N) is 1. The standard InChI is InChI=1S/C9H8F5NO2/c10-4-5(11)7(13)9(8(14)6(4)12)17-2-3(16)1-15/h3,16H,1-2,15H2/t3-/m1/s1. The number of hydrogen-bond donors (Lipinski definition) is 2. The van der Waals surface area contributed by atoms with Gasteiger partial charge in [-0.15, -0.1) is 0 Å². The van der Waals surface area contributed by atoms with Crippen molar-refractivity contribution in [2.75, 3.05) is 13.2 Å². The number of hydrogen-bond acceptors (Lipinski definition) is 3. The van der Waals surface area contributed by atoms with Gasteiger partial charge in [0.05, 0.1) is 0 Å². The van der Waals surface area contributed by atoms with E-state index in [0.29, 0.717) is 0 Å². The SMILES string of the molecule is NC[C@@H](O)COc1c(F)c(F)c(F)c(F)c1F. The maximum Gasteiger partial charge on any atom is 0.206 e. The number of aliphatic hydroxyl groups excluding tert-OH is 1. The molecule has 3 nitrogen and oxygen atoms in total. The summed E-state index contributed by atoms with van der Waals surface area (Å²) in [4.78, 5) is 0. The fourth-order valence-corrected chi connectivity index (χ4v) is 0.959. The van der Waals surface area contributed by atoms with Crippen LogP contribution in [0.1, 0.15) is 0 Å². The van der Waals surface area contributed by atoms with Gasteiger partial charge < -0.3 is 15.6 Å². The highest BCUT2D eigenvalue weighted by Crippen LogP contribution is 2.29. The smallest absolute Gasteiger partial charge is 0.206 e. The molecule has 0 radical (unpaired) electrons. The summed E-state index contributed by atoms with van der Waals surface area (Å²) in [6, 6.07) is 0. The second kappa shape index (κ2) is 5.28. The van der Waals surface area contributed by atoms with Crippen molar-refractivity contribution < 1.29 is 31.8 Å². The fourth-order valence-electron chi connectivity index (χ4n) is 0.959. The van der Waals surface area contributed by atoms with Crippen LogP contribution in [0.4, 0.5) is 22.0 Å². The highest BCUT2D eigenvalue weighted by Gasteiger charge is 2.27. The van der Waals surface area contributed by atoms with Gasteiger partial charge in [0.2, 0.25) is 29.1 Å². The lowest BCUT2D eigenvalue weighted by Gasteiger charge is -2.12. The van der Waals surface area contributed by atoms with Crippen LogP contribution in [-0.4, -0.2) is 24.4 Å². The molecule has 0 bridgehead atoms. The van der Waals surface area contributed by atoms with Gasteiger partial charge in [-0.05, 0) is 0 Å². The molecule has 0 saturated heterocycles. The monoisotopic (exact) mass is 257 g/mol. The summed E-state index contributed by atoms with van der Waals surface area (Å²) in [6.07, 6.45) is -1.27. The van der Waals surface area contributed by atoms with E-state index in [4.69, 9.17) is 10.8 Å². The molecule has 1 aromatic carbocycles. The molecule has 0 aliphatic rings. The van der Waals surface area contributed by atoms with Gasteiger partial charge in [-0.2, -0.15) is 8.78 Å². The second-order valence-corrected chi connectivity index (χ2v) is 3.10. The lowest BCUT2D eigenvalue weighted by molar-refractivity contribution is 0.107. The van der Waals surface area contributed by atoms with Crippen molar-refractivity contribution in [3.63, 3.8) is 0 Å². The van der Waals surface area contributed by atoms with Gasteiger partial charge in [-0.25, -0.2) is 13.2 Å². The average molecular weight is 257 g/mol. The first-order valence-corrected chi connectivity index (χ1v) is 4.42. The lowest BCUT2D eigenvalue weighted by Crippen LogP contribution is -2.27. The molecule has 0 saturated carbocycles. The molecule has 0 aliphatic carbocycles. The maximum absolute atomic E-state index is 13.0. The Morgan fingerprint density at radius 3 is 1.76 bits per heavy atom. The van der Waals surface area contributed by atoms with Gasteiger partial charge in [0.1, 0.15) is 12.7 Å². The van der Waals surface area contributed by atoms with Gasteiger partial charge in [0.25, 0.3) is 0 Å². The molecule has 1 atom stereocenters. The summed E-state index contributed by atoms with van der Waals surface area (Å²) < 4.78 is 68.3. The van der Waals surface area contributed by atoms with Crippen LogP contribution in [0.2, 0.25) is 0 Å². The van der Waals surface area contributed by atoms with E-state index in [1.807, 2.05) is 0 Å². The van der Waals surface area contributed by atoms with Crippen molar-refractivity contribution in [3.05, 3.63) is 29.1 Å². The Balaban J connectivity index is 3.07. The molecule has 0 unspecified atom stereocenters. The van der Waals surface area contributed by atoms with Gasteiger partial charge in [0, 0.05) is 6.54 Å². The molecule has 0 heterocycles. The van der Waals surface area contributed by atoms with Crippen molar-refractivity contribution in [1.29, 1.82) is 0 Å². The van der Waals surface area contributed by atoms with Gasteiger partial charge in [0.15, 0.2) is 5.75 Å². The maximum atomic E-state index is 13.0. The number of aliphatic hydroxyl groups is 1. The Kier molecular flexibility index (Phi) is 4.24. The molecule has 0 amide bonds. The zero-order chi connectivity index (χ0) is 13.2. The molecule has 1 aromatic rings. The fraction of sp³-hybridized carbons (Fsp3) is 0.333. The Hall–Kier alpha value is -1.41. The molecule has 3 N–H and O–H groups in total. The van der Waals surface area contributed by atoms with E-state index in [2.05, 4.69) is 4.74 Å². The van der Waals surface area contributed by atoms with Crippen LogP contribution in [0.15, 0.2) is 0 Å².